The summed E-state index contributed by atoms with van der Waals surface area (Å²) in [5.41, 5.74) is 0. The van der Waals surface area contributed by atoms with E-state index in [9.17, 15) is 22.8 Å². The first-order valence-corrected chi connectivity index (χ1v) is 7.63. The van der Waals surface area contributed by atoms with Crippen LogP contribution in [0.3, 0.4) is 0 Å². The van der Waals surface area contributed by atoms with Gasteiger partial charge >= 0.3 is 6.18 Å². The highest BCUT2D eigenvalue weighted by Crippen LogP contribution is 2.29. The first-order chi connectivity index (χ1) is 10.3. The average Bonchev–Trinajstić information content (AvgIpc) is 2.46. The summed E-state index contributed by atoms with van der Waals surface area (Å²) < 4.78 is 37.8. The van der Waals surface area contributed by atoms with E-state index < -0.39 is 24.0 Å². The number of likely N-dealkylation sites (tertiary alicyclic amines) is 1. The molecule has 2 fully saturated rings. The molecule has 0 bridgehead atoms. The molecule has 0 radical (unpaired) electrons. The minimum Gasteiger partial charge on any atom is -0.344 e. The zero-order chi connectivity index (χ0) is 16.3. The van der Waals surface area contributed by atoms with Crippen LogP contribution in [-0.4, -0.2) is 55.6 Å². The van der Waals surface area contributed by atoms with Crippen LogP contribution < -0.4 is 10.6 Å². The summed E-state index contributed by atoms with van der Waals surface area (Å²) in [4.78, 5) is 25.8. The van der Waals surface area contributed by atoms with Crippen molar-refractivity contribution in [3.05, 3.63) is 0 Å². The highest BCUT2D eigenvalue weighted by molar-refractivity contribution is 6.00. The molecule has 2 unspecified atom stereocenters. The van der Waals surface area contributed by atoms with Gasteiger partial charge in [-0.05, 0) is 45.2 Å². The minimum absolute atomic E-state index is 0. The summed E-state index contributed by atoms with van der Waals surface area (Å²) in [5, 5.41) is 5.03. The van der Waals surface area contributed by atoms with Crippen molar-refractivity contribution in [3.8, 4) is 0 Å². The molecule has 9 heteroatoms. The standard InChI is InChI=1S/C14H22F3N3O2.ClH/c1-18-8-9-4-6-20(7-5-9)13(22)10-2-3-11(14(15,16)17)19-12(10)21;/h9-11,18H,2-8H2,1H3,(H,19,21);1H. The third-order valence-corrected chi connectivity index (χ3v) is 4.49. The molecule has 0 saturated carbocycles. The Bertz CT molecular complexity index is 426. The van der Waals surface area contributed by atoms with Gasteiger partial charge in [-0.3, -0.25) is 9.59 Å². The SMILES string of the molecule is CNCC1CCN(C(=O)C2CCC(C(F)(F)F)NC2=O)CC1.Cl. The van der Waals surface area contributed by atoms with Crippen LogP contribution in [0.2, 0.25) is 0 Å². The predicted octanol–water partition coefficient (Wildman–Crippen LogP) is 1.32. The number of carbonyl (C=O) groups is 2. The second-order valence-electron chi connectivity index (χ2n) is 6.06. The molecule has 0 spiro atoms. The average molecular weight is 358 g/mol. The molecule has 2 atom stereocenters. The third kappa shape index (κ3) is 4.97. The van der Waals surface area contributed by atoms with E-state index in [1.807, 2.05) is 12.4 Å². The monoisotopic (exact) mass is 357 g/mol. The quantitative estimate of drug-likeness (QED) is 0.749. The number of piperidine rings is 2. The Hall–Kier alpha value is -1.02. The second-order valence-corrected chi connectivity index (χ2v) is 6.06. The highest BCUT2D eigenvalue weighted by atomic mass is 35.5. The Labute approximate surface area is 139 Å². The van der Waals surface area contributed by atoms with Crippen LogP contribution in [0, 0.1) is 11.8 Å². The zero-order valence-electron chi connectivity index (χ0n) is 13.0. The van der Waals surface area contributed by atoms with Crippen molar-refractivity contribution in [2.75, 3.05) is 26.7 Å². The lowest BCUT2D eigenvalue weighted by Gasteiger charge is -2.36. The Balaban J connectivity index is 0.00000264. The van der Waals surface area contributed by atoms with Crippen molar-refractivity contribution in [3.63, 3.8) is 0 Å². The van der Waals surface area contributed by atoms with Crippen molar-refractivity contribution in [2.24, 2.45) is 11.8 Å². The van der Waals surface area contributed by atoms with E-state index in [1.165, 1.54) is 0 Å². The molecule has 2 heterocycles. The van der Waals surface area contributed by atoms with E-state index in [0.29, 0.717) is 19.0 Å². The van der Waals surface area contributed by atoms with E-state index in [0.717, 1.165) is 19.4 Å². The number of nitrogens with zero attached hydrogens (tertiary/aromatic N) is 1. The number of amides is 2. The normalized spacial score (nSPS) is 26.4. The molecule has 2 amide bonds. The smallest absolute Gasteiger partial charge is 0.344 e. The predicted molar refractivity (Wildman–Crippen MR) is 81.2 cm³/mol. The number of rotatable bonds is 3. The number of alkyl halides is 3. The van der Waals surface area contributed by atoms with Gasteiger partial charge in [0.2, 0.25) is 11.8 Å². The van der Waals surface area contributed by atoms with Crippen LogP contribution in [0.5, 0.6) is 0 Å². The van der Waals surface area contributed by atoms with E-state index in [4.69, 9.17) is 0 Å². The third-order valence-electron chi connectivity index (χ3n) is 4.49. The van der Waals surface area contributed by atoms with E-state index in [2.05, 4.69) is 5.32 Å². The lowest BCUT2D eigenvalue weighted by molar-refractivity contribution is -0.172. The molecule has 2 aliphatic heterocycles. The minimum atomic E-state index is -4.45. The number of nitrogens with one attached hydrogen (secondary N) is 2. The molecule has 2 aliphatic rings. The fraction of sp³-hybridized carbons (Fsp3) is 0.857. The van der Waals surface area contributed by atoms with Crippen molar-refractivity contribution in [2.45, 2.75) is 37.9 Å². The fourth-order valence-electron chi connectivity index (χ4n) is 3.16. The Morgan fingerprint density at radius 2 is 1.87 bits per heavy atom. The first kappa shape index (κ1) is 20.0. The van der Waals surface area contributed by atoms with Gasteiger partial charge in [-0.25, -0.2) is 0 Å². The zero-order valence-corrected chi connectivity index (χ0v) is 13.8. The molecule has 23 heavy (non-hydrogen) atoms. The Kier molecular flexibility index (Phi) is 7.13. The van der Waals surface area contributed by atoms with E-state index >= 15 is 0 Å². The summed E-state index contributed by atoms with van der Waals surface area (Å²) in [6.07, 6.45) is -3.01. The number of carbonyl (C=O) groups excluding carboxylic acids is 2. The van der Waals surface area contributed by atoms with E-state index in [1.54, 1.807) is 4.90 Å². The van der Waals surface area contributed by atoms with Crippen LogP contribution >= 0.6 is 12.4 Å². The van der Waals surface area contributed by atoms with Gasteiger partial charge in [0.15, 0.2) is 0 Å². The molecule has 2 N–H and O–H groups in total. The maximum Gasteiger partial charge on any atom is 0.408 e. The van der Waals surface area contributed by atoms with Crippen LogP contribution in [-0.2, 0) is 9.59 Å². The van der Waals surface area contributed by atoms with E-state index in [-0.39, 0.29) is 31.2 Å². The lowest BCUT2D eigenvalue weighted by Crippen LogP contribution is -2.55. The van der Waals surface area contributed by atoms with Gasteiger partial charge in [0.1, 0.15) is 12.0 Å². The van der Waals surface area contributed by atoms with Crippen LogP contribution in [0.15, 0.2) is 0 Å². The molecule has 5 nitrogen and oxygen atoms in total. The van der Waals surface area contributed by atoms with Crippen molar-refractivity contribution < 1.29 is 22.8 Å². The number of hydrogen-bond donors (Lipinski definition) is 2. The summed E-state index contributed by atoms with van der Waals surface area (Å²) >= 11 is 0. The molecule has 134 valence electrons. The molecule has 0 aromatic carbocycles. The summed E-state index contributed by atoms with van der Waals surface area (Å²) in [6, 6.07) is -1.83. The van der Waals surface area contributed by atoms with Gasteiger partial charge in [0, 0.05) is 13.1 Å². The van der Waals surface area contributed by atoms with Crippen molar-refractivity contribution in [1.29, 1.82) is 0 Å². The number of halogens is 4. The van der Waals surface area contributed by atoms with Crippen LogP contribution in [0.1, 0.15) is 25.7 Å². The van der Waals surface area contributed by atoms with Gasteiger partial charge in [-0.15, -0.1) is 12.4 Å². The maximum absolute atomic E-state index is 12.6. The summed E-state index contributed by atoms with van der Waals surface area (Å²) in [6.45, 7) is 2.02. The van der Waals surface area contributed by atoms with Crippen molar-refractivity contribution >= 4 is 24.2 Å². The van der Waals surface area contributed by atoms with Crippen molar-refractivity contribution in [1.82, 2.24) is 15.5 Å². The molecule has 0 aliphatic carbocycles. The lowest BCUT2D eigenvalue weighted by atomic mass is 9.90. The summed E-state index contributed by atoms with van der Waals surface area (Å²) in [7, 11) is 1.88. The molecule has 0 aromatic heterocycles. The Morgan fingerprint density at radius 1 is 1.26 bits per heavy atom. The maximum atomic E-state index is 12.6. The molecule has 0 aromatic rings. The van der Waals surface area contributed by atoms with Gasteiger partial charge in [0.05, 0.1) is 0 Å². The molecular formula is C14H23ClF3N3O2. The van der Waals surface area contributed by atoms with Crippen LogP contribution in [0.4, 0.5) is 13.2 Å². The van der Waals surface area contributed by atoms with Gasteiger partial charge in [-0.1, -0.05) is 0 Å². The Morgan fingerprint density at radius 3 is 2.35 bits per heavy atom. The second kappa shape index (κ2) is 8.19. The number of hydrogen-bond acceptors (Lipinski definition) is 3. The fourth-order valence-corrected chi connectivity index (χ4v) is 3.16. The largest absolute Gasteiger partial charge is 0.408 e. The first-order valence-electron chi connectivity index (χ1n) is 7.63. The molecule has 2 rings (SSSR count). The molecule has 2 saturated heterocycles. The summed E-state index contributed by atoms with van der Waals surface area (Å²) in [5.74, 6) is -1.60. The van der Waals surface area contributed by atoms with Crippen LogP contribution in [0.25, 0.3) is 0 Å². The highest BCUT2D eigenvalue weighted by Gasteiger charge is 2.46. The molecular weight excluding hydrogens is 335 g/mol. The topological polar surface area (TPSA) is 61.4 Å². The van der Waals surface area contributed by atoms with Gasteiger partial charge in [-0.2, -0.15) is 13.2 Å². The van der Waals surface area contributed by atoms with Gasteiger partial charge < -0.3 is 15.5 Å². The van der Waals surface area contributed by atoms with Gasteiger partial charge in [0.25, 0.3) is 0 Å².